The van der Waals surface area contributed by atoms with Crippen LogP contribution in [-0.4, -0.2) is 49.3 Å². The molecule has 2 rings (SSSR count). The van der Waals surface area contributed by atoms with Crippen LogP contribution in [0.1, 0.15) is 6.23 Å². The van der Waals surface area contributed by atoms with Crippen LogP contribution in [-0.2, 0) is 4.74 Å². The van der Waals surface area contributed by atoms with Crippen LogP contribution in [0.25, 0.3) is 0 Å². The van der Waals surface area contributed by atoms with Gasteiger partial charge in [0.15, 0.2) is 17.6 Å². The van der Waals surface area contributed by atoms with Crippen LogP contribution in [0, 0.1) is 22.8 Å². The van der Waals surface area contributed by atoms with Gasteiger partial charge in [-0.15, -0.1) is 6.42 Å². The maximum Gasteiger partial charge on any atom is 0.328 e. The van der Waals surface area contributed by atoms with Crippen LogP contribution >= 0.6 is 12.2 Å². The average molecular weight is 302 g/mol. The topological polar surface area (TPSA) is 108 Å². The van der Waals surface area contributed by atoms with Crippen molar-refractivity contribution in [3.05, 3.63) is 27.1 Å². The van der Waals surface area contributed by atoms with Gasteiger partial charge >= 0.3 is 5.69 Å². The first kappa shape index (κ1) is 14.8. The van der Waals surface area contributed by atoms with Crippen LogP contribution in [0.2, 0.25) is 0 Å². The van der Waals surface area contributed by atoms with Crippen molar-refractivity contribution in [2.45, 2.75) is 24.0 Å². The Morgan fingerprint density at radius 1 is 1.70 bits per heavy atom. The summed E-state index contributed by atoms with van der Waals surface area (Å²) in [5.74, 6) is 0.985. The lowest BCUT2D eigenvalue weighted by molar-refractivity contribution is -0.0768. The van der Waals surface area contributed by atoms with E-state index in [9.17, 15) is 19.4 Å². The van der Waals surface area contributed by atoms with Crippen molar-refractivity contribution in [3.63, 3.8) is 0 Å². The zero-order valence-electron chi connectivity index (χ0n) is 9.99. The third-order valence-electron chi connectivity index (χ3n) is 3.07. The molecule has 108 valence electrons. The Balaban J connectivity index is 2.58. The second kappa shape index (κ2) is 5.08. The van der Waals surface area contributed by atoms with Gasteiger partial charge in [-0.2, -0.15) is 0 Å². The molecule has 1 aliphatic heterocycles. The van der Waals surface area contributed by atoms with Crippen molar-refractivity contribution in [2.75, 3.05) is 6.61 Å². The monoisotopic (exact) mass is 302 g/mol. The van der Waals surface area contributed by atoms with Crippen molar-refractivity contribution in [1.82, 2.24) is 9.55 Å². The van der Waals surface area contributed by atoms with Crippen molar-refractivity contribution in [3.8, 4) is 12.3 Å². The molecule has 1 aromatic rings. The number of halogens is 1. The molecule has 1 aromatic heterocycles. The number of aliphatic hydroxyl groups excluding tert-OH is 2. The molecule has 0 radical (unpaired) electrons. The number of hydrogen-bond donors (Lipinski definition) is 4. The third-order valence-corrected chi connectivity index (χ3v) is 3.37. The molecule has 1 aliphatic rings. The molecule has 1 fully saturated rings. The number of hydrogen-bond acceptors (Lipinski definition) is 6. The summed E-state index contributed by atoms with van der Waals surface area (Å²) in [7, 11) is 0. The number of ether oxygens (including phenoxy) is 1. The predicted molar refractivity (Wildman–Crippen MR) is 66.6 cm³/mol. The SMILES string of the molecule is C#CC1(O)[C@@H](O)[C@@H](CO)O[C@H]1n1cc(F)c(=S)[nH]c1=O. The number of rotatable bonds is 2. The van der Waals surface area contributed by atoms with Gasteiger partial charge in [-0.05, 0) is 0 Å². The van der Waals surface area contributed by atoms with E-state index in [0.29, 0.717) is 10.8 Å². The zero-order chi connectivity index (χ0) is 15.1. The fourth-order valence-electron chi connectivity index (χ4n) is 1.99. The molecule has 4 atom stereocenters. The van der Waals surface area contributed by atoms with Gasteiger partial charge in [0.05, 0.1) is 12.8 Å². The first-order chi connectivity index (χ1) is 9.35. The Morgan fingerprint density at radius 3 is 2.90 bits per heavy atom. The Labute approximate surface area is 117 Å². The average Bonchev–Trinajstić information content (AvgIpc) is 2.67. The highest BCUT2D eigenvalue weighted by Gasteiger charge is 2.55. The molecule has 1 unspecified atom stereocenters. The van der Waals surface area contributed by atoms with E-state index in [1.807, 2.05) is 10.9 Å². The third kappa shape index (κ3) is 2.07. The van der Waals surface area contributed by atoms with E-state index in [-0.39, 0.29) is 0 Å². The van der Waals surface area contributed by atoms with Gasteiger partial charge in [0.2, 0.25) is 0 Å². The second-order valence-corrected chi connectivity index (χ2v) is 4.68. The fourth-order valence-corrected chi connectivity index (χ4v) is 2.13. The second-order valence-electron chi connectivity index (χ2n) is 4.27. The largest absolute Gasteiger partial charge is 0.394 e. The van der Waals surface area contributed by atoms with Gasteiger partial charge in [0.25, 0.3) is 0 Å². The van der Waals surface area contributed by atoms with E-state index in [0.717, 1.165) is 0 Å². The number of H-pyrrole nitrogens is 1. The summed E-state index contributed by atoms with van der Waals surface area (Å²) in [5.41, 5.74) is -3.17. The summed E-state index contributed by atoms with van der Waals surface area (Å²) in [5, 5.41) is 29.1. The quantitative estimate of drug-likeness (QED) is 0.398. The predicted octanol–water partition coefficient (Wildman–Crippen LogP) is -1.34. The number of aliphatic hydroxyl groups is 3. The summed E-state index contributed by atoms with van der Waals surface area (Å²) in [6, 6.07) is 0. The Bertz CT molecular complexity index is 681. The van der Waals surface area contributed by atoms with Crippen LogP contribution < -0.4 is 5.69 Å². The van der Waals surface area contributed by atoms with Crippen LogP contribution in [0.3, 0.4) is 0 Å². The fraction of sp³-hybridized carbons (Fsp3) is 0.455. The molecule has 0 aromatic carbocycles. The van der Waals surface area contributed by atoms with Gasteiger partial charge < -0.3 is 20.1 Å². The van der Waals surface area contributed by atoms with Crippen molar-refractivity contribution >= 4 is 12.2 Å². The smallest absolute Gasteiger partial charge is 0.328 e. The number of aromatic amines is 1. The molecule has 1 saturated heterocycles. The Kier molecular flexibility index (Phi) is 3.77. The Morgan fingerprint density at radius 2 is 2.35 bits per heavy atom. The molecule has 0 bridgehead atoms. The number of aromatic nitrogens is 2. The summed E-state index contributed by atoms with van der Waals surface area (Å²) in [6.07, 6.45) is 1.46. The highest BCUT2D eigenvalue weighted by Crippen LogP contribution is 2.37. The van der Waals surface area contributed by atoms with Crippen LogP contribution in [0.5, 0.6) is 0 Å². The lowest BCUT2D eigenvalue weighted by atomic mass is 9.95. The molecule has 2 heterocycles. The van der Waals surface area contributed by atoms with Crippen LogP contribution in [0.15, 0.2) is 11.0 Å². The van der Waals surface area contributed by atoms with Crippen molar-refractivity contribution in [2.24, 2.45) is 0 Å². The van der Waals surface area contributed by atoms with Gasteiger partial charge in [-0.1, -0.05) is 18.1 Å². The molecule has 0 saturated carbocycles. The number of nitrogens with zero attached hydrogens (tertiary/aromatic N) is 1. The standard InChI is InChI=1S/C11H11FN2O5S/c1-2-11(18)7(16)6(4-15)19-9(11)14-3-5(12)8(20)13-10(14)17/h1,3,6-7,9,15-16,18H,4H2,(H,13,17,20)/t6-,7+,9-,11?/m1/s1. The molecule has 4 N–H and O–H groups in total. The lowest BCUT2D eigenvalue weighted by Crippen LogP contribution is -2.47. The first-order valence-electron chi connectivity index (χ1n) is 5.50. The van der Waals surface area contributed by atoms with E-state index in [1.54, 1.807) is 0 Å². The molecular formula is C11H11FN2O5S. The van der Waals surface area contributed by atoms with Gasteiger partial charge in [0.1, 0.15) is 16.8 Å². The normalized spacial score (nSPS) is 33.0. The molecule has 0 amide bonds. The molecule has 0 aliphatic carbocycles. The maximum absolute atomic E-state index is 13.4. The van der Waals surface area contributed by atoms with E-state index < -0.39 is 46.8 Å². The summed E-state index contributed by atoms with van der Waals surface area (Å²) in [4.78, 5) is 13.8. The maximum atomic E-state index is 13.4. The van der Waals surface area contributed by atoms with Gasteiger partial charge in [0, 0.05) is 0 Å². The number of nitrogens with one attached hydrogen (secondary N) is 1. The Hall–Kier alpha value is -1.57. The minimum Gasteiger partial charge on any atom is -0.394 e. The van der Waals surface area contributed by atoms with E-state index >= 15 is 0 Å². The van der Waals surface area contributed by atoms with E-state index in [1.165, 1.54) is 0 Å². The zero-order valence-corrected chi connectivity index (χ0v) is 10.8. The van der Waals surface area contributed by atoms with Crippen LogP contribution in [0.4, 0.5) is 4.39 Å². The first-order valence-corrected chi connectivity index (χ1v) is 5.91. The lowest BCUT2D eigenvalue weighted by Gasteiger charge is -2.26. The minimum absolute atomic E-state index is 0.409. The summed E-state index contributed by atoms with van der Waals surface area (Å²) >= 11 is 4.55. The van der Waals surface area contributed by atoms with Gasteiger partial charge in [-0.25, -0.2) is 9.18 Å². The molecule has 9 heteroatoms. The van der Waals surface area contributed by atoms with E-state index in [2.05, 4.69) is 12.2 Å². The highest BCUT2D eigenvalue weighted by molar-refractivity contribution is 7.71. The van der Waals surface area contributed by atoms with Crippen molar-refractivity contribution < 1.29 is 24.4 Å². The summed E-state index contributed by atoms with van der Waals surface area (Å²) < 4.78 is 18.8. The molecular weight excluding hydrogens is 291 g/mol. The molecule has 20 heavy (non-hydrogen) atoms. The molecule has 7 nitrogen and oxygen atoms in total. The summed E-state index contributed by atoms with van der Waals surface area (Å²) in [6.45, 7) is -0.637. The van der Waals surface area contributed by atoms with Gasteiger partial charge in [-0.3, -0.25) is 9.55 Å². The molecule has 0 spiro atoms. The minimum atomic E-state index is -2.29. The van der Waals surface area contributed by atoms with E-state index in [4.69, 9.17) is 16.3 Å². The highest BCUT2D eigenvalue weighted by atomic mass is 32.1. The number of terminal acetylenes is 1. The van der Waals surface area contributed by atoms with Crippen molar-refractivity contribution in [1.29, 1.82) is 0 Å².